The summed E-state index contributed by atoms with van der Waals surface area (Å²) in [4.78, 5) is 10.8. The normalized spacial score (nSPS) is 17.5. The second-order valence-corrected chi connectivity index (χ2v) is 5.93. The first-order chi connectivity index (χ1) is 10.2. The highest BCUT2D eigenvalue weighted by Gasteiger charge is 2.18. The Balaban J connectivity index is 1.53. The largest absolute Gasteiger partial charge is 0.377 e. The fourth-order valence-corrected chi connectivity index (χ4v) is 3.01. The van der Waals surface area contributed by atoms with Crippen molar-refractivity contribution in [2.75, 3.05) is 25.5 Å². The number of pyridine rings is 1. The maximum atomic E-state index is 4.38. The molecule has 1 aliphatic heterocycles. The second kappa shape index (κ2) is 6.26. The number of aryl methyl sites for hydroxylation is 1. The number of rotatable bonds is 5. The Morgan fingerprint density at radius 3 is 3.14 bits per heavy atom. The Kier molecular flexibility index (Phi) is 4.20. The van der Waals surface area contributed by atoms with Gasteiger partial charge < -0.3 is 14.8 Å². The van der Waals surface area contributed by atoms with Crippen molar-refractivity contribution < 1.29 is 0 Å². The lowest BCUT2D eigenvalue weighted by Crippen LogP contribution is -2.30. The number of fused-ring (bicyclic) bond motifs is 1. The van der Waals surface area contributed by atoms with Gasteiger partial charge in [-0.1, -0.05) is 0 Å². The molecule has 0 aromatic carbocycles. The van der Waals surface area contributed by atoms with E-state index in [9.17, 15) is 0 Å². The Bertz CT molecular complexity index is 590. The third kappa shape index (κ3) is 3.24. The summed E-state index contributed by atoms with van der Waals surface area (Å²) in [7, 11) is 4.14. The monoisotopic (exact) mass is 285 g/mol. The minimum absolute atomic E-state index is 0.686. The molecule has 2 aromatic rings. The summed E-state index contributed by atoms with van der Waals surface area (Å²) < 4.78 is 2.28. The molecule has 5 nitrogen and oxygen atoms in total. The molecule has 0 spiro atoms. The summed E-state index contributed by atoms with van der Waals surface area (Å²) in [6, 6.07) is 2.06. The van der Waals surface area contributed by atoms with Crippen LogP contribution in [-0.4, -0.2) is 35.2 Å². The number of hydrogen-bond donors (Lipinski definition) is 1. The number of imidazole rings is 1. The van der Waals surface area contributed by atoms with E-state index in [2.05, 4.69) is 51.1 Å². The summed E-state index contributed by atoms with van der Waals surface area (Å²) in [6.07, 6.45) is 10.1. The minimum atomic E-state index is 0.686. The minimum Gasteiger partial charge on any atom is -0.377 e. The molecular weight excluding hydrogens is 262 g/mol. The van der Waals surface area contributed by atoms with Gasteiger partial charge in [0, 0.05) is 69.6 Å². The molecule has 1 atom stereocenters. The van der Waals surface area contributed by atoms with E-state index in [1.165, 1.54) is 23.5 Å². The fraction of sp³-hybridized carbons (Fsp3) is 0.500. The first kappa shape index (κ1) is 14.1. The molecule has 112 valence electrons. The van der Waals surface area contributed by atoms with Crippen molar-refractivity contribution in [1.82, 2.24) is 19.9 Å². The van der Waals surface area contributed by atoms with E-state index in [1.54, 1.807) is 0 Å². The van der Waals surface area contributed by atoms with Crippen LogP contribution in [0.25, 0.3) is 0 Å². The Morgan fingerprint density at radius 1 is 1.38 bits per heavy atom. The summed E-state index contributed by atoms with van der Waals surface area (Å²) in [5, 5.41) is 3.59. The van der Waals surface area contributed by atoms with E-state index in [0.29, 0.717) is 5.92 Å². The van der Waals surface area contributed by atoms with Crippen LogP contribution in [0, 0.1) is 5.92 Å². The molecule has 0 unspecified atom stereocenters. The van der Waals surface area contributed by atoms with Crippen LogP contribution in [0.3, 0.4) is 0 Å². The number of aromatic nitrogens is 3. The van der Waals surface area contributed by atoms with E-state index in [-0.39, 0.29) is 0 Å². The Morgan fingerprint density at radius 2 is 2.29 bits per heavy atom. The molecule has 0 amide bonds. The van der Waals surface area contributed by atoms with Gasteiger partial charge in [0.15, 0.2) is 0 Å². The van der Waals surface area contributed by atoms with Gasteiger partial charge >= 0.3 is 0 Å². The second-order valence-electron chi connectivity index (χ2n) is 5.93. The van der Waals surface area contributed by atoms with Gasteiger partial charge in [-0.15, -0.1) is 0 Å². The van der Waals surface area contributed by atoms with Crippen LogP contribution < -0.4 is 10.2 Å². The van der Waals surface area contributed by atoms with E-state index in [4.69, 9.17) is 0 Å². The van der Waals surface area contributed by atoms with Crippen LogP contribution >= 0.6 is 0 Å². The van der Waals surface area contributed by atoms with Gasteiger partial charge in [-0.25, -0.2) is 4.98 Å². The van der Waals surface area contributed by atoms with Gasteiger partial charge in [-0.05, 0) is 24.9 Å². The number of nitrogens with zero attached hydrogens (tertiary/aromatic N) is 4. The van der Waals surface area contributed by atoms with Crippen LogP contribution in [0.1, 0.15) is 17.8 Å². The first-order valence-electron chi connectivity index (χ1n) is 7.55. The summed E-state index contributed by atoms with van der Waals surface area (Å²) in [6.45, 7) is 2.99. The summed E-state index contributed by atoms with van der Waals surface area (Å²) in [5.41, 5.74) is 2.49. The smallest absolute Gasteiger partial charge is 0.108 e. The molecule has 1 N–H and O–H groups in total. The number of anilines is 1. The average molecular weight is 285 g/mol. The van der Waals surface area contributed by atoms with Crippen molar-refractivity contribution in [3.8, 4) is 0 Å². The maximum Gasteiger partial charge on any atom is 0.108 e. The standard InChI is InChI=1S/C16H23N5/c1-20(2)15-5-6-17-10-14(15)11-18-9-13-3-4-16-19-7-8-21(16)12-13/h5-8,10,13,18H,3-4,9,11-12H2,1-2H3/t13-/m0/s1. The average Bonchev–Trinajstić information content (AvgIpc) is 2.95. The molecule has 21 heavy (non-hydrogen) atoms. The van der Waals surface area contributed by atoms with Crippen molar-refractivity contribution in [1.29, 1.82) is 0 Å². The van der Waals surface area contributed by atoms with Gasteiger partial charge in [-0.3, -0.25) is 4.98 Å². The zero-order valence-electron chi connectivity index (χ0n) is 12.8. The molecular formula is C16H23N5. The molecule has 0 bridgehead atoms. The molecule has 0 saturated heterocycles. The van der Waals surface area contributed by atoms with Crippen LogP contribution in [0.5, 0.6) is 0 Å². The van der Waals surface area contributed by atoms with Crippen molar-refractivity contribution in [3.63, 3.8) is 0 Å². The molecule has 3 heterocycles. The van der Waals surface area contributed by atoms with Crippen molar-refractivity contribution in [3.05, 3.63) is 42.2 Å². The van der Waals surface area contributed by atoms with E-state index < -0.39 is 0 Å². The Labute approximate surface area is 126 Å². The molecule has 5 heteroatoms. The van der Waals surface area contributed by atoms with Gasteiger partial charge in [0.25, 0.3) is 0 Å². The van der Waals surface area contributed by atoms with E-state index in [0.717, 1.165) is 26.1 Å². The zero-order valence-corrected chi connectivity index (χ0v) is 12.8. The molecule has 0 aliphatic carbocycles. The molecule has 3 rings (SSSR count). The fourth-order valence-electron chi connectivity index (χ4n) is 3.01. The summed E-state index contributed by atoms with van der Waals surface area (Å²) >= 11 is 0. The van der Waals surface area contributed by atoms with Crippen molar-refractivity contribution in [2.24, 2.45) is 5.92 Å². The van der Waals surface area contributed by atoms with Crippen LogP contribution in [0.2, 0.25) is 0 Å². The van der Waals surface area contributed by atoms with Gasteiger partial charge in [0.05, 0.1) is 0 Å². The lowest BCUT2D eigenvalue weighted by atomic mass is 9.99. The van der Waals surface area contributed by atoms with E-state index >= 15 is 0 Å². The maximum absolute atomic E-state index is 4.38. The molecule has 1 aliphatic rings. The third-order valence-corrected chi connectivity index (χ3v) is 4.14. The highest BCUT2D eigenvalue weighted by Crippen LogP contribution is 2.19. The number of hydrogen-bond acceptors (Lipinski definition) is 4. The molecule has 2 aromatic heterocycles. The first-order valence-corrected chi connectivity index (χ1v) is 7.55. The van der Waals surface area contributed by atoms with Gasteiger partial charge in [0.1, 0.15) is 5.82 Å². The molecule has 0 fully saturated rings. The highest BCUT2D eigenvalue weighted by molar-refractivity contribution is 5.50. The predicted octanol–water partition coefficient (Wildman–Crippen LogP) is 1.70. The topological polar surface area (TPSA) is 46.0 Å². The zero-order chi connectivity index (χ0) is 14.7. The molecule has 0 radical (unpaired) electrons. The summed E-state index contributed by atoms with van der Waals surface area (Å²) in [5.74, 6) is 1.92. The van der Waals surface area contributed by atoms with Gasteiger partial charge in [-0.2, -0.15) is 0 Å². The highest BCUT2D eigenvalue weighted by atomic mass is 15.1. The lowest BCUT2D eigenvalue weighted by Gasteiger charge is -2.24. The Hall–Kier alpha value is -1.88. The molecule has 0 saturated carbocycles. The van der Waals surface area contributed by atoms with Crippen LogP contribution in [0.15, 0.2) is 30.9 Å². The third-order valence-electron chi connectivity index (χ3n) is 4.14. The van der Waals surface area contributed by atoms with Gasteiger partial charge in [0.2, 0.25) is 0 Å². The van der Waals surface area contributed by atoms with Crippen LogP contribution in [-0.2, 0) is 19.5 Å². The van der Waals surface area contributed by atoms with E-state index in [1.807, 2.05) is 18.6 Å². The predicted molar refractivity (Wildman–Crippen MR) is 84.3 cm³/mol. The number of nitrogens with one attached hydrogen (secondary N) is 1. The lowest BCUT2D eigenvalue weighted by molar-refractivity contribution is 0.347. The van der Waals surface area contributed by atoms with Crippen molar-refractivity contribution in [2.45, 2.75) is 25.9 Å². The quantitative estimate of drug-likeness (QED) is 0.908. The SMILES string of the molecule is CN(C)c1ccncc1CNC[C@@H]1CCc2nccn2C1. The van der Waals surface area contributed by atoms with Crippen LogP contribution in [0.4, 0.5) is 5.69 Å². The van der Waals surface area contributed by atoms with Crippen molar-refractivity contribution >= 4 is 5.69 Å².